The minimum absolute atomic E-state index is 0.136. The third-order valence-corrected chi connectivity index (χ3v) is 4.52. The summed E-state index contributed by atoms with van der Waals surface area (Å²) in [7, 11) is 0. The third-order valence-electron chi connectivity index (χ3n) is 3.66. The van der Waals surface area contributed by atoms with Crippen molar-refractivity contribution in [2.75, 3.05) is 6.54 Å². The van der Waals surface area contributed by atoms with E-state index < -0.39 is 0 Å². The van der Waals surface area contributed by atoms with Gasteiger partial charge in [0.2, 0.25) is 0 Å². The zero-order valence-electron chi connectivity index (χ0n) is 12.2. The zero-order chi connectivity index (χ0) is 14.4. The monoisotopic (exact) mass is 289 g/mol. The number of hydrogen-bond acceptors (Lipinski definition) is 4. The van der Waals surface area contributed by atoms with Gasteiger partial charge in [-0.25, -0.2) is 0 Å². The second-order valence-electron chi connectivity index (χ2n) is 4.94. The van der Waals surface area contributed by atoms with Crippen molar-refractivity contribution in [2.24, 2.45) is 5.73 Å². The normalized spacial score (nSPS) is 14.4. The summed E-state index contributed by atoms with van der Waals surface area (Å²) in [6.07, 6.45) is 4.67. The molecule has 108 valence electrons. The molecule has 0 aliphatic rings. The molecule has 0 fully saturated rings. The quantitative estimate of drug-likeness (QED) is 0.849. The summed E-state index contributed by atoms with van der Waals surface area (Å²) >= 11 is 1.80. The van der Waals surface area contributed by atoms with Crippen LogP contribution in [0.25, 0.3) is 0 Å². The molecule has 2 aromatic rings. The Morgan fingerprint density at radius 1 is 1.25 bits per heavy atom. The van der Waals surface area contributed by atoms with E-state index >= 15 is 0 Å². The van der Waals surface area contributed by atoms with E-state index in [0.29, 0.717) is 0 Å². The van der Waals surface area contributed by atoms with Crippen molar-refractivity contribution in [1.29, 1.82) is 0 Å². The SMILES string of the molecule is CCC(N)C(c1ccncc1)N(CC)Cc1cccs1. The Balaban J connectivity index is 2.24. The first-order valence-corrected chi connectivity index (χ1v) is 8.06. The predicted molar refractivity (Wildman–Crippen MR) is 85.6 cm³/mol. The van der Waals surface area contributed by atoms with Gasteiger partial charge in [0.25, 0.3) is 0 Å². The summed E-state index contributed by atoms with van der Waals surface area (Å²) in [4.78, 5) is 7.95. The molecule has 0 saturated carbocycles. The largest absolute Gasteiger partial charge is 0.326 e. The minimum atomic E-state index is 0.136. The lowest BCUT2D eigenvalue weighted by atomic mass is 9.97. The van der Waals surface area contributed by atoms with E-state index in [1.54, 1.807) is 11.3 Å². The van der Waals surface area contributed by atoms with Gasteiger partial charge in [-0.05, 0) is 42.1 Å². The zero-order valence-corrected chi connectivity index (χ0v) is 13.0. The van der Waals surface area contributed by atoms with Crippen molar-refractivity contribution in [2.45, 2.75) is 38.9 Å². The topological polar surface area (TPSA) is 42.1 Å². The average Bonchev–Trinajstić information content (AvgIpc) is 3.00. The number of nitrogens with two attached hydrogens (primary N) is 1. The highest BCUT2D eigenvalue weighted by Gasteiger charge is 2.24. The lowest BCUT2D eigenvalue weighted by molar-refractivity contribution is 0.171. The molecule has 3 nitrogen and oxygen atoms in total. The Morgan fingerprint density at radius 3 is 2.55 bits per heavy atom. The van der Waals surface area contributed by atoms with Gasteiger partial charge in [0.15, 0.2) is 0 Å². The molecule has 2 heterocycles. The highest BCUT2D eigenvalue weighted by molar-refractivity contribution is 7.09. The van der Waals surface area contributed by atoms with Crippen LogP contribution >= 0.6 is 11.3 Å². The number of nitrogens with zero attached hydrogens (tertiary/aromatic N) is 2. The van der Waals surface area contributed by atoms with Crippen molar-refractivity contribution in [3.05, 3.63) is 52.5 Å². The van der Waals surface area contributed by atoms with Crippen LogP contribution in [-0.4, -0.2) is 22.5 Å². The summed E-state index contributed by atoms with van der Waals surface area (Å²) in [5.41, 5.74) is 7.65. The molecule has 0 spiro atoms. The van der Waals surface area contributed by atoms with Gasteiger partial charge in [0.05, 0.1) is 6.04 Å². The van der Waals surface area contributed by atoms with Crippen LogP contribution in [0.3, 0.4) is 0 Å². The lowest BCUT2D eigenvalue weighted by Gasteiger charge is -2.34. The number of thiophene rings is 1. The molecule has 20 heavy (non-hydrogen) atoms. The smallest absolute Gasteiger partial charge is 0.0503 e. The molecule has 2 atom stereocenters. The Hall–Kier alpha value is -1.23. The van der Waals surface area contributed by atoms with Crippen LogP contribution in [0.2, 0.25) is 0 Å². The molecule has 0 aliphatic carbocycles. The lowest BCUT2D eigenvalue weighted by Crippen LogP contribution is -2.40. The van der Waals surface area contributed by atoms with Crippen LogP contribution in [0.4, 0.5) is 0 Å². The van der Waals surface area contributed by atoms with E-state index in [2.05, 4.69) is 53.4 Å². The van der Waals surface area contributed by atoms with E-state index in [9.17, 15) is 0 Å². The van der Waals surface area contributed by atoms with E-state index in [1.165, 1.54) is 10.4 Å². The van der Waals surface area contributed by atoms with Gasteiger partial charge in [0.1, 0.15) is 0 Å². The molecule has 0 amide bonds. The maximum Gasteiger partial charge on any atom is 0.0503 e. The fourth-order valence-corrected chi connectivity index (χ4v) is 3.25. The van der Waals surface area contributed by atoms with Crippen LogP contribution < -0.4 is 5.73 Å². The van der Waals surface area contributed by atoms with Crippen molar-refractivity contribution in [1.82, 2.24) is 9.88 Å². The van der Waals surface area contributed by atoms with Crippen LogP contribution in [0.1, 0.15) is 36.8 Å². The Morgan fingerprint density at radius 2 is 2.00 bits per heavy atom. The summed E-state index contributed by atoms with van der Waals surface area (Å²) in [6.45, 7) is 6.29. The van der Waals surface area contributed by atoms with Crippen molar-refractivity contribution >= 4 is 11.3 Å². The van der Waals surface area contributed by atoms with Crippen molar-refractivity contribution in [3.8, 4) is 0 Å². The van der Waals surface area contributed by atoms with Gasteiger partial charge >= 0.3 is 0 Å². The third kappa shape index (κ3) is 3.66. The highest BCUT2D eigenvalue weighted by atomic mass is 32.1. The van der Waals surface area contributed by atoms with Crippen LogP contribution in [0.5, 0.6) is 0 Å². The molecule has 0 aromatic carbocycles. The molecule has 0 saturated heterocycles. The first-order valence-electron chi connectivity index (χ1n) is 7.18. The maximum absolute atomic E-state index is 6.40. The highest BCUT2D eigenvalue weighted by Crippen LogP contribution is 2.27. The standard InChI is InChI=1S/C16H23N3S/c1-3-15(17)16(13-7-9-18-10-8-13)19(4-2)12-14-6-5-11-20-14/h5-11,15-16H,3-4,12,17H2,1-2H3. The van der Waals surface area contributed by atoms with E-state index in [1.807, 2.05) is 12.4 Å². The second kappa shape index (κ2) is 7.53. The summed E-state index contributed by atoms with van der Waals surface area (Å²) in [5.74, 6) is 0. The first kappa shape index (κ1) is 15.2. The van der Waals surface area contributed by atoms with Gasteiger partial charge in [0, 0.05) is 29.9 Å². The minimum Gasteiger partial charge on any atom is -0.326 e. The van der Waals surface area contributed by atoms with E-state index in [0.717, 1.165) is 19.5 Å². The molecular weight excluding hydrogens is 266 g/mol. The number of likely N-dealkylation sites (N-methyl/N-ethyl adjacent to an activating group) is 1. The summed E-state index contributed by atoms with van der Waals surface area (Å²) in [5, 5.41) is 2.13. The van der Waals surface area contributed by atoms with Gasteiger partial charge in [-0.2, -0.15) is 0 Å². The van der Waals surface area contributed by atoms with Crippen LogP contribution in [0.15, 0.2) is 42.0 Å². The number of hydrogen-bond donors (Lipinski definition) is 1. The molecule has 2 unspecified atom stereocenters. The molecule has 0 aliphatic heterocycles. The summed E-state index contributed by atoms with van der Waals surface area (Å²) in [6, 6.07) is 8.84. The van der Waals surface area contributed by atoms with E-state index in [4.69, 9.17) is 5.73 Å². The number of aromatic nitrogens is 1. The average molecular weight is 289 g/mol. The summed E-state index contributed by atoms with van der Waals surface area (Å²) < 4.78 is 0. The fourth-order valence-electron chi connectivity index (χ4n) is 2.52. The molecule has 2 rings (SSSR count). The van der Waals surface area contributed by atoms with Crippen molar-refractivity contribution < 1.29 is 0 Å². The number of rotatable bonds is 7. The van der Waals surface area contributed by atoms with Gasteiger partial charge in [-0.3, -0.25) is 9.88 Å². The molecule has 2 aromatic heterocycles. The second-order valence-corrected chi connectivity index (χ2v) is 5.97. The Bertz CT molecular complexity index is 484. The van der Waals surface area contributed by atoms with Gasteiger partial charge < -0.3 is 5.73 Å². The van der Waals surface area contributed by atoms with Gasteiger partial charge in [-0.1, -0.05) is 19.9 Å². The predicted octanol–water partition coefficient (Wildman–Crippen LogP) is 3.44. The van der Waals surface area contributed by atoms with Crippen LogP contribution in [0, 0.1) is 0 Å². The molecular formula is C16H23N3S. The van der Waals surface area contributed by atoms with Gasteiger partial charge in [-0.15, -0.1) is 11.3 Å². The Kier molecular flexibility index (Phi) is 5.71. The molecule has 0 radical (unpaired) electrons. The first-order chi connectivity index (χ1) is 9.76. The Labute approximate surface area is 125 Å². The fraction of sp³-hybridized carbons (Fsp3) is 0.438. The number of pyridine rings is 1. The van der Waals surface area contributed by atoms with E-state index in [-0.39, 0.29) is 12.1 Å². The molecule has 4 heteroatoms. The van der Waals surface area contributed by atoms with Crippen LogP contribution in [-0.2, 0) is 6.54 Å². The maximum atomic E-state index is 6.40. The molecule has 0 bridgehead atoms. The van der Waals surface area contributed by atoms with Crippen molar-refractivity contribution in [3.63, 3.8) is 0 Å². The molecule has 2 N–H and O–H groups in total.